The van der Waals surface area contributed by atoms with Crippen molar-refractivity contribution in [1.29, 1.82) is 0 Å². The molecular formula is C19H27N5O3S. The summed E-state index contributed by atoms with van der Waals surface area (Å²) in [6.45, 7) is 8.07. The Morgan fingerprint density at radius 2 is 1.61 bits per heavy atom. The van der Waals surface area contributed by atoms with Crippen molar-refractivity contribution in [2.24, 2.45) is 0 Å². The van der Waals surface area contributed by atoms with Crippen LogP contribution in [0.5, 0.6) is 0 Å². The minimum absolute atomic E-state index is 0.162. The number of anilines is 2. The van der Waals surface area contributed by atoms with Gasteiger partial charge in [0, 0.05) is 26.0 Å². The Morgan fingerprint density at radius 3 is 2.11 bits per heavy atom. The van der Waals surface area contributed by atoms with Gasteiger partial charge in [0.1, 0.15) is 0 Å². The lowest BCUT2D eigenvalue weighted by Crippen LogP contribution is -2.35. The zero-order valence-electron chi connectivity index (χ0n) is 17.0. The van der Waals surface area contributed by atoms with Gasteiger partial charge in [-0.15, -0.1) is 0 Å². The summed E-state index contributed by atoms with van der Waals surface area (Å²) in [4.78, 5) is 22.1. The monoisotopic (exact) mass is 405 g/mol. The number of nitrogens with one attached hydrogen (secondary N) is 2. The summed E-state index contributed by atoms with van der Waals surface area (Å²) < 4.78 is 27.2. The Labute approximate surface area is 166 Å². The van der Waals surface area contributed by atoms with Gasteiger partial charge in [0.2, 0.25) is 5.95 Å². The SMILES string of the molecule is CC(C)c1cccc(C(C)C)c1NC(=O)NS(=O)(=O)c1ccnc(N(C)C)n1. The lowest BCUT2D eigenvalue weighted by atomic mass is 9.93. The molecule has 0 atom stereocenters. The van der Waals surface area contributed by atoms with Gasteiger partial charge in [-0.1, -0.05) is 45.9 Å². The largest absolute Gasteiger partial charge is 0.347 e. The van der Waals surface area contributed by atoms with Gasteiger partial charge in [0.05, 0.1) is 0 Å². The summed E-state index contributed by atoms with van der Waals surface area (Å²) in [6, 6.07) is 6.20. The Bertz CT molecular complexity index is 930. The second kappa shape index (κ2) is 8.55. The summed E-state index contributed by atoms with van der Waals surface area (Å²) in [7, 11) is -0.748. The molecule has 0 aliphatic heterocycles. The van der Waals surface area contributed by atoms with E-state index < -0.39 is 16.1 Å². The van der Waals surface area contributed by atoms with Crippen LogP contribution in [0.3, 0.4) is 0 Å². The van der Waals surface area contributed by atoms with E-state index in [1.807, 2.05) is 50.6 Å². The van der Waals surface area contributed by atoms with Gasteiger partial charge in [-0.25, -0.2) is 14.5 Å². The van der Waals surface area contributed by atoms with Crippen molar-refractivity contribution in [3.63, 3.8) is 0 Å². The van der Waals surface area contributed by atoms with Crippen LogP contribution in [0.15, 0.2) is 35.5 Å². The van der Waals surface area contributed by atoms with E-state index in [4.69, 9.17) is 0 Å². The number of hydrogen-bond acceptors (Lipinski definition) is 6. The second-order valence-electron chi connectivity index (χ2n) is 7.27. The maximum Gasteiger partial charge on any atom is 0.333 e. The summed E-state index contributed by atoms with van der Waals surface area (Å²) in [5, 5.41) is 2.45. The van der Waals surface area contributed by atoms with Gasteiger partial charge in [-0.3, -0.25) is 0 Å². The predicted molar refractivity (Wildman–Crippen MR) is 110 cm³/mol. The van der Waals surface area contributed by atoms with Gasteiger partial charge < -0.3 is 10.2 Å². The molecule has 0 saturated heterocycles. The molecule has 2 amide bonds. The number of rotatable bonds is 6. The van der Waals surface area contributed by atoms with E-state index in [2.05, 4.69) is 15.3 Å². The summed E-state index contributed by atoms with van der Waals surface area (Å²) in [6.07, 6.45) is 1.33. The lowest BCUT2D eigenvalue weighted by molar-refractivity contribution is 0.256. The van der Waals surface area contributed by atoms with Crippen LogP contribution in [-0.4, -0.2) is 38.5 Å². The van der Waals surface area contributed by atoms with Crippen molar-refractivity contribution in [2.45, 2.75) is 44.6 Å². The van der Waals surface area contributed by atoms with Crippen LogP contribution in [0, 0.1) is 0 Å². The van der Waals surface area contributed by atoms with Gasteiger partial charge in [-0.2, -0.15) is 13.4 Å². The molecule has 152 valence electrons. The second-order valence-corrected chi connectivity index (χ2v) is 8.90. The lowest BCUT2D eigenvalue weighted by Gasteiger charge is -2.20. The predicted octanol–water partition coefficient (Wildman–Crippen LogP) is 3.30. The Kier molecular flexibility index (Phi) is 6.60. The summed E-state index contributed by atoms with van der Waals surface area (Å²) in [5.74, 6) is 0.556. The van der Waals surface area contributed by atoms with Gasteiger partial charge in [-0.05, 0) is 29.0 Å². The molecule has 2 N–H and O–H groups in total. The maximum atomic E-state index is 12.6. The zero-order chi connectivity index (χ0) is 21.1. The van der Waals surface area contributed by atoms with Crippen molar-refractivity contribution in [1.82, 2.24) is 14.7 Å². The van der Waals surface area contributed by atoms with E-state index in [1.54, 1.807) is 19.0 Å². The molecule has 0 unspecified atom stereocenters. The molecule has 0 spiro atoms. The molecule has 1 aromatic heterocycles. The Morgan fingerprint density at radius 1 is 1.04 bits per heavy atom. The number of nitrogens with zero attached hydrogens (tertiary/aromatic N) is 3. The van der Waals surface area contributed by atoms with E-state index in [1.165, 1.54) is 12.3 Å². The number of carbonyl (C=O) groups is 1. The molecule has 0 saturated carbocycles. The van der Waals surface area contributed by atoms with Gasteiger partial charge in [0.15, 0.2) is 5.03 Å². The molecule has 0 fully saturated rings. The minimum atomic E-state index is -4.14. The first-order valence-corrected chi connectivity index (χ1v) is 10.5. The molecule has 0 aliphatic rings. The fourth-order valence-electron chi connectivity index (χ4n) is 2.71. The van der Waals surface area contributed by atoms with E-state index >= 15 is 0 Å². The number of urea groups is 1. The van der Waals surface area contributed by atoms with Crippen molar-refractivity contribution in [3.8, 4) is 0 Å². The topological polar surface area (TPSA) is 104 Å². The highest BCUT2D eigenvalue weighted by Gasteiger charge is 2.22. The van der Waals surface area contributed by atoms with Crippen LogP contribution in [0.1, 0.15) is 50.7 Å². The number of hydrogen-bond donors (Lipinski definition) is 2. The van der Waals surface area contributed by atoms with E-state index in [9.17, 15) is 13.2 Å². The van der Waals surface area contributed by atoms with E-state index in [0.717, 1.165) is 11.1 Å². The number of carbonyl (C=O) groups excluding carboxylic acids is 1. The molecule has 1 aromatic carbocycles. The number of para-hydroxylation sites is 1. The van der Waals surface area contributed by atoms with E-state index in [-0.39, 0.29) is 22.8 Å². The Hall–Kier alpha value is -2.68. The van der Waals surface area contributed by atoms with Crippen LogP contribution >= 0.6 is 0 Å². The number of aromatic nitrogens is 2. The molecule has 1 heterocycles. The standard InChI is InChI=1S/C19H27N5O3S/c1-12(2)14-8-7-9-15(13(3)4)17(14)22-19(25)23-28(26,27)16-10-11-20-18(21-16)24(5)6/h7-13H,1-6H3,(H2,22,23,25). The first-order valence-electron chi connectivity index (χ1n) is 9.00. The molecule has 9 heteroatoms. The highest BCUT2D eigenvalue weighted by molar-refractivity contribution is 7.90. The van der Waals surface area contributed by atoms with Crippen LogP contribution < -0.4 is 14.9 Å². The molecule has 28 heavy (non-hydrogen) atoms. The molecule has 0 aliphatic carbocycles. The fraction of sp³-hybridized carbons (Fsp3) is 0.421. The van der Waals surface area contributed by atoms with Crippen LogP contribution in [0.2, 0.25) is 0 Å². The first-order chi connectivity index (χ1) is 13.0. The highest BCUT2D eigenvalue weighted by Crippen LogP contribution is 2.32. The molecule has 0 radical (unpaired) electrons. The van der Waals surface area contributed by atoms with Crippen LogP contribution in [0.25, 0.3) is 0 Å². The van der Waals surface area contributed by atoms with Crippen LogP contribution in [0.4, 0.5) is 16.4 Å². The minimum Gasteiger partial charge on any atom is -0.347 e. The van der Waals surface area contributed by atoms with Gasteiger partial charge in [0.25, 0.3) is 10.0 Å². The van der Waals surface area contributed by atoms with Crippen molar-refractivity contribution in [2.75, 3.05) is 24.3 Å². The fourth-order valence-corrected chi connectivity index (χ4v) is 3.55. The van der Waals surface area contributed by atoms with Crippen molar-refractivity contribution >= 4 is 27.7 Å². The van der Waals surface area contributed by atoms with Gasteiger partial charge >= 0.3 is 6.03 Å². The van der Waals surface area contributed by atoms with Crippen molar-refractivity contribution in [3.05, 3.63) is 41.6 Å². The molecule has 8 nitrogen and oxygen atoms in total. The average molecular weight is 406 g/mol. The molecule has 2 rings (SSSR count). The smallest absolute Gasteiger partial charge is 0.333 e. The maximum absolute atomic E-state index is 12.6. The normalized spacial score (nSPS) is 11.6. The third-order valence-electron chi connectivity index (χ3n) is 4.13. The summed E-state index contributed by atoms with van der Waals surface area (Å²) >= 11 is 0. The van der Waals surface area contributed by atoms with Crippen molar-refractivity contribution < 1.29 is 13.2 Å². The molecule has 2 aromatic rings. The third-order valence-corrected chi connectivity index (χ3v) is 5.36. The summed E-state index contributed by atoms with van der Waals surface area (Å²) in [5.41, 5.74) is 2.52. The number of benzene rings is 1. The average Bonchev–Trinajstić information content (AvgIpc) is 2.61. The molecular weight excluding hydrogens is 378 g/mol. The highest BCUT2D eigenvalue weighted by atomic mass is 32.2. The number of amides is 2. The number of sulfonamides is 1. The third kappa shape index (κ3) is 4.98. The molecule has 0 bridgehead atoms. The van der Waals surface area contributed by atoms with Crippen LogP contribution in [-0.2, 0) is 10.0 Å². The zero-order valence-corrected chi connectivity index (χ0v) is 17.8. The first kappa shape index (κ1) is 21.6. The quantitative estimate of drug-likeness (QED) is 0.715. The van der Waals surface area contributed by atoms with E-state index in [0.29, 0.717) is 5.69 Å². The Balaban J connectivity index is 2.30.